The van der Waals surface area contributed by atoms with Crippen molar-refractivity contribution in [2.45, 2.75) is 13.0 Å². The summed E-state index contributed by atoms with van der Waals surface area (Å²) in [5.74, 6) is 0.614. The molecule has 0 spiro atoms. The first kappa shape index (κ1) is 12.5. The van der Waals surface area contributed by atoms with Crippen molar-refractivity contribution in [1.29, 1.82) is 0 Å². The van der Waals surface area contributed by atoms with Gasteiger partial charge in [-0.15, -0.1) is 0 Å². The summed E-state index contributed by atoms with van der Waals surface area (Å²) in [5, 5.41) is 11.5. The first-order valence-corrected chi connectivity index (χ1v) is 6.87. The maximum atomic E-state index is 10.5. The maximum Gasteiger partial charge on any atom is 0.141 e. The number of aliphatic hydroxyl groups excluding tert-OH is 1. The minimum absolute atomic E-state index is 0.614. The van der Waals surface area contributed by atoms with Crippen molar-refractivity contribution in [2.24, 2.45) is 0 Å². The number of aliphatic hydroxyl groups is 1. The zero-order chi connectivity index (χ0) is 13.4. The highest BCUT2D eigenvalue weighted by atomic mass is 79.9. The van der Waals surface area contributed by atoms with Crippen LogP contribution in [-0.2, 0) is 0 Å². The van der Waals surface area contributed by atoms with E-state index in [1.807, 2.05) is 55.5 Å². The van der Waals surface area contributed by atoms with Crippen LogP contribution in [0.15, 0.2) is 57.4 Å². The molecule has 3 rings (SSSR count). The molecule has 1 N–H and O–H groups in total. The van der Waals surface area contributed by atoms with Crippen LogP contribution in [0.1, 0.15) is 23.0 Å². The lowest BCUT2D eigenvalue weighted by Gasteiger charge is -2.09. The van der Waals surface area contributed by atoms with E-state index in [9.17, 15) is 5.11 Å². The van der Waals surface area contributed by atoms with E-state index in [1.165, 1.54) is 0 Å². The molecule has 0 radical (unpaired) electrons. The Morgan fingerprint density at radius 1 is 1.05 bits per heavy atom. The van der Waals surface area contributed by atoms with Crippen molar-refractivity contribution in [3.05, 3.63) is 69.9 Å². The summed E-state index contributed by atoms with van der Waals surface area (Å²) in [6, 6.07) is 15.4. The third kappa shape index (κ3) is 2.20. The summed E-state index contributed by atoms with van der Waals surface area (Å²) in [6.45, 7) is 1.98. The van der Waals surface area contributed by atoms with Gasteiger partial charge in [-0.25, -0.2) is 0 Å². The van der Waals surface area contributed by atoms with Crippen LogP contribution in [0.3, 0.4) is 0 Å². The monoisotopic (exact) mass is 316 g/mol. The number of aryl methyl sites for hydroxylation is 1. The summed E-state index contributed by atoms with van der Waals surface area (Å²) >= 11 is 3.39. The minimum atomic E-state index is -0.736. The molecule has 0 bridgehead atoms. The smallest absolute Gasteiger partial charge is 0.141 e. The molecule has 0 aliphatic carbocycles. The standard InChI is InChI=1S/C16H13BrO2/c1-10-13-4-2-3-5-14(13)19-16(10)15(18)11-6-8-12(17)9-7-11/h2-9,15,18H,1H3. The molecule has 3 heteroatoms. The van der Waals surface area contributed by atoms with Crippen LogP contribution in [0.5, 0.6) is 0 Å². The summed E-state index contributed by atoms with van der Waals surface area (Å²) in [5.41, 5.74) is 2.63. The Labute approximate surface area is 119 Å². The number of halogens is 1. The number of para-hydroxylation sites is 1. The van der Waals surface area contributed by atoms with E-state index < -0.39 is 6.10 Å². The number of rotatable bonds is 2. The lowest BCUT2D eigenvalue weighted by Crippen LogP contribution is -1.99. The zero-order valence-corrected chi connectivity index (χ0v) is 12.0. The summed E-state index contributed by atoms with van der Waals surface area (Å²) in [7, 11) is 0. The molecule has 19 heavy (non-hydrogen) atoms. The maximum absolute atomic E-state index is 10.5. The van der Waals surface area contributed by atoms with Gasteiger partial charge in [-0.05, 0) is 30.7 Å². The van der Waals surface area contributed by atoms with Gasteiger partial charge in [0.05, 0.1) is 0 Å². The average Bonchev–Trinajstić information content (AvgIpc) is 2.77. The molecule has 0 saturated heterocycles. The van der Waals surface area contributed by atoms with Crippen LogP contribution < -0.4 is 0 Å². The lowest BCUT2D eigenvalue weighted by molar-refractivity contribution is 0.191. The second-order valence-electron chi connectivity index (χ2n) is 4.54. The van der Waals surface area contributed by atoms with Gasteiger partial charge in [0.15, 0.2) is 0 Å². The molecule has 2 aromatic carbocycles. The molecule has 0 saturated carbocycles. The molecule has 3 aromatic rings. The lowest BCUT2D eigenvalue weighted by atomic mass is 10.0. The summed E-state index contributed by atoms with van der Waals surface area (Å²) < 4.78 is 6.77. The fourth-order valence-corrected chi connectivity index (χ4v) is 2.51. The molecule has 0 amide bonds. The Kier molecular flexibility index (Phi) is 3.17. The van der Waals surface area contributed by atoms with E-state index in [2.05, 4.69) is 15.9 Å². The number of furan rings is 1. The van der Waals surface area contributed by atoms with Gasteiger partial charge < -0.3 is 9.52 Å². The van der Waals surface area contributed by atoms with Gasteiger partial charge in [0, 0.05) is 15.4 Å². The highest BCUT2D eigenvalue weighted by molar-refractivity contribution is 9.10. The number of benzene rings is 2. The fraction of sp³-hybridized carbons (Fsp3) is 0.125. The van der Waals surface area contributed by atoms with Gasteiger partial charge in [0.1, 0.15) is 17.4 Å². The van der Waals surface area contributed by atoms with E-state index >= 15 is 0 Å². The Balaban J connectivity index is 2.08. The third-order valence-corrected chi connectivity index (χ3v) is 3.84. The first-order chi connectivity index (χ1) is 9.16. The highest BCUT2D eigenvalue weighted by Gasteiger charge is 2.19. The molecule has 1 unspecified atom stereocenters. The minimum Gasteiger partial charge on any atom is -0.458 e. The molecular formula is C16H13BrO2. The van der Waals surface area contributed by atoms with Crippen LogP contribution >= 0.6 is 15.9 Å². The van der Waals surface area contributed by atoms with Crippen molar-refractivity contribution < 1.29 is 9.52 Å². The van der Waals surface area contributed by atoms with E-state index in [0.29, 0.717) is 5.76 Å². The molecule has 0 aliphatic heterocycles. The van der Waals surface area contributed by atoms with Crippen LogP contribution in [0.25, 0.3) is 11.0 Å². The number of fused-ring (bicyclic) bond motifs is 1. The predicted octanol–water partition coefficient (Wildman–Crippen LogP) is 4.59. The second-order valence-corrected chi connectivity index (χ2v) is 5.46. The zero-order valence-electron chi connectivity index (χ0n) is 10.4. The summed E-state index contributed by atoms with van der Waals surface area (Å²) in [4.78, 5) is 0. The van der Waals surface area contributed by atoms with Gasteiger partial charge in [-0.1, -0.05) is 46.3 Å². The fourth-order valence-electron chi connectivity index (χ4n) is 2.25. The molecule has 0 aliphatic rings. The Morgan fingerprint density at radius 3 is 2.42 bits per heavy atom. The largest absolute Gasteiger partial charge is 0.458 e. The molecule has 1 aromatic heterocycles. The molecule has 1 atom stereocenters. The van der Waals surface area contributed by atoms with Crippen molar-refractivity contribution in [1.82, 2.24) is 0 Å². The average molecular weight is 317 g/mol. The van der Waals surface area contributed by atoms with E-state index in [0.717, 1.165) is 26.6 Å². The second kappa shape index (κ2) is 4.83. The SMILES string of the molecule is Cc1c(C(O)c2ccc(Br)cc2)oc2ccccc12. The van der Waals surface area contributed by atoms with Crippen LogP contribution in [0.2, 0.25) is 0 Å². The number of hydrogen-bond donors (Lipinski definition) is 1. The molecular weight excluding hydrogens is 304 g/mol. The quantitative estimate of drug-likeness (QED) is 0.750. The van der Waals surface area contributed by atoms with Crippen LogP contribution in [0.4, 0.5) is 0 Å². The van der Waals surface area contributed by atoms with Gasteiger partial charge in [0.25, 0.3) is 0 Å². The normalized spacial score (nSPS) is 12.8. The summed E-state index contributed by atoms with van der Waals surface area (Å²) in [6.07, 6.45) is -0.736. The first-order valence-electron chi connectivity index (χ1n) is 6.08. The molecule has 1 heterocycles. The van der Waals surface area contributed by atoms with Crippen molar-refractivity contribution in [3.63, 3.8) is 0 Å². The number of hydrogen-bond acceptors (Lipinski definition) is 2. The topological polar surface area (TPSA) is 33.4 Å². The van der Waals surface area contributed by atoms with Gasteiger partial charge in [0.2, 0.25) is 0 Å². The molecule has 0 fully saturated rings. The molecule has 2 nitrogen and oxygen atoms in total. The van der Waals surface area contributed by atoms with Crippen molar-refractivity contribution >= 4 is 26.9 Å². The van der Waals surface area contributed by atoms with Crippen LogP contribution in [0, 0.1) is 6.92 Å². The van der Waals surface area contributed by atoms with E-state index in [-0.39, 0.29) is 0 Å². The van der Waals surface area contributed by atoms with E-state index in [4.69, 9.17) is 4.42 Å². The van der Waals surface area contributed by atoms with Crippen molar-refractivity contribution in [3.8, 4) is 0 Å². The Bertz CT molecular complexity index is 713. The van der Waals surface area contributed by atoms with Gasteiger partial charge in [-0.2, -0.15) is 0 Å². The predicted molar refractivity (Wildman–Crippen MR) is 79.2 cm³/mol. The van der Waals surface area contributed by atoms with Crippen molar-refractivity contribution in [2.75, 3.05) is 0 Å². The molecule has 96 valence electrons. The van der Waals surface area contributed by atoms with Gasteiger partial charge >= 0.3 is 0 Å². The highest BCUT2D eigenvalue weighted by Crippen LogP contribution is 2.32. The van der Waals surface area contributed by atoms with Crippen LogP contribution in [-0.4, -0.2) is 5.11 Å². The van der Waals surface area contributed by atoms with E-state index in [1.54, 1.807) is 0 Å². The van der Waals surface area contributed by atoms with Gasteiger partial charge in [-0.3, -0.25) is 0 Å². The Hall–Kier alpha value is -1.58. The Morgan fingerprint density at radius 2 is 1.74 bits per heavy atom. The third-order valence-electron chi connectivity index (χ3n) is 3.31.